The molecule has 22 heavy (non-hydrogen) atoms. The van der Waals surface area contributed by atoms with E-state index in [1.54, 1.807) is 0 Å². The van der Waals surface area contributed by atoms with E-state index >= 15 is 0 Å². The molecule has 0 radical (unpaired) electrons. The van der Waals surface area contributed by atoms with Gasteiger partial charge in [0.2, 0.25) is 11.2 Å². The van der Waals surface area contributed by atoms with E-state index in [0.717, 1.165) is 13.1 Å². The lowest BCUT2D eigenvalue weighted by Gasteiger charge is -2.14. The van der Waals surface area contributed by atoms with E-state index in [4.69, 9.17) is 0 Å². The Hall–Kier alpha value is -1.74. The largest absolute Gasteiger partial charge is 0.366 e. The van der Waals surface area contributed by atoms with E-state index in [2.05, 4.69) is 77.9 Å². The van der Waals surface area contributed by atoms with Crippen molar-refractivity contribution in [2.75, 3.05) is 18.8 Å². The van der Waals surface area contributed by atoms with Gasteiger partial charge in [0.25, 0.3) is 0 Å². The molecule has 2 aromatic rings. The monoisotopic (exact) mass is 311 g/mol. The molecule has 0 saturated carbocycles. The summed E-state index contributed by atoms with van der Waals surface area (Å²) in [6, 6.07) is 13.0. The molecule has 0 unspecified atom stereocenters. The second kappa shape index (κ2) is 7.01. The Kier molecular flexibility index (Phi) is 4.84. The molecule has 0 spiro atoms. The van der Waals surface area contributed by atoms with E-state index in [9.17, 15) is 0 Å². The smallest absolute Gasteiger partial charge is 0.212 e. The van der Waals surface area contributed by atoms with E-state index in [-0.39, 0.29) is 0 Å². The molecular formula is C19H23N2S+. The minimum absolute atomic E-state index is 0.980. The van der Waals surface area contributed by atoms with Gasteiger partial charge in [-0.2, -0.15) is 4.57 Å². The fraction of sp³-hybridized carbons (Fsp3) is 0.316. The highest BCUT2D eigenvalue weighted by Crippen LogP contribution is 2.27. The summed E-state index contributed by atoms with van der Waals surface area (Å²) in [4.78, 5) is 2.43. The third-order valence-corrected chi connectivity index (χ3v) is 5.18. The van der Waals surface area contributed by atoms with Gasteiger partial charge in [-0.1, -0.05) is 18.2 Å². The minimum Gasteiger partial charge on any atom is -0.366 e. The second-order valence-electron chi connectivity index (χ2n) is 5.35. The molecule has 1 fully saturated rings. The molecule has 0 bridgehead atoms. The molecule has 2 nitrogen and oxygen atoms in total. The number of para-hydroxylation sites is 1. The van der Waals surface area contributed by atoms with Crippen LogP contribution in [0.5, 0.6) is 0 Å². The summed E-state index contributed by atoms with van der Waals surface area (Å²) >= 11 is 1.95. The van der Waals surface area contributed by atoms with E-state index < -0.39 is 0 Å². The number of allylic oxidation sites excluding steroid dienone is 2. The van der Waals surface area contributed by atoms with Crippen molar-refractivity contribution in [1.29, 1.82) is 0 Å². The molecule has 1 aromatic carbocycles. The van der Waals surface area contributed by atoms with Crippen molar-refractivity contribution < 1.29 is 4.57 Å². The summed E-state index contributed by atoms with van der Waals surface area (Å²) in [5.41, 5.74) is 2.55. The maximum absolute atomic E-state index is 2.43. The molecule has 2 heterocycles. The van der Waals surface area contributed by atoms with Crippen molar-refractivity contribution in [2.45, 2.75) is 20.4 Å². The predicted octanol–water partition coefficient (Wildman–Crippen LogP) is 4.07. The van der Waals surface area contributed by atoms with Gasteiger partial charge >= 0.3 is 0 Å². The third-order valence-electron chi connectivity index (χ3n) is 4.10. The zero-order chi connectivity index (χ0) is 15.4. The average molecular weight is 311 g/mol. The van der Waals surface area contributed by atoms with Crippen LogP contribution in [0.25, 0.3) is 17.0 Å². The van der Waals surface area contributed by atoms with Crippen LogP contribution in [0.15, 0.2) is 53.6 Å². The van der Waals surface area contributed by atoms with E-state index in [1.807, 2.05) is 11.8 Å². The first-order valence-electron chi connectivity index (χ1n) is 8.01. The Morgan fingerprint density at radius 1 is 1.18 bits per heavy atom. The number of aryl methyl sites for hydroxylation is 1. The first-order chi connectivity index (χ1) is 10.8. The van der Waals surface area contributed by atoms with Crippen molar-refractivity contribution in [3.8, 4) is 0 Å². The van der Waals surface area contributed by atoms with Gasteiger partial charge in [0.1, 0.15) is 6.54 Å². The van der Waals surface area contributed by atoms with Gasteiger partial charge in [-0.3, -0.25) is 0 Å². The number of thioether (sulfide) groups is 1. The number of nitrogens with zero attached hydrogens (tertiary/aromatic N) is 2. The van der Waals surface area contributed by atoms with Gasteiger partial charge in [-0.15, -0.1) is 11.8 Å². The number of hydrogen-bond acceptors (Lipinski definition) is 2. The zero-order valence-electron chi connectivity index (χ0n) is 13.3. The number of aromatic nitrogens is 1. The van der Waals surface area contributed by atoms with Crippen LogP contribution >= 0.6 is 11.8 Å². The molecule has 0 N–H and O–H groups in total. The quantitative estimate of drug-likeness (QED) is 0.786. The first-order valence-corrected chi connectivity index (χ1v) is 8.99. The highest BCUT2D eigenvalue weighted by molar-refractivity contribution is 8.03. The summed E-state index contributed by atoms with van der Waals surface area (Å²) in [6.07, 6.45) is 6.65. The fourth-order valence-corrected chi connectivity index (χ4v) is 4.03. The van der Waals surface area contributed by atoms with Crippen LogP contribution in [0, 0.1) is 0 Å². The predicted molar refractivity (Wildman–Crippen MR) is 96.6 cm³/mol. The SMILES string of the molecule is CCN1CCSC1=CC=Cc1ccc2ccccc2[n+]1CC. The molecule has 1 aromatic heterocycles. The first kappa shape index (κ1) is 15.2. The van der Waals surface area contributed by atoms with Crippen LogP contribution in [-0.4, -0.2) is 23.7 Å². The van der Waals surface area contributed by atoms with Gasteiger partial charge < -0.3 is 4.90 Å². The van der Waals surface area contributed by atoms with Crippen LogP contribution < -0.4 is 4.57 Å². The van der Waals surface area contributed by atoms with Crippen molar-refractivity contribution in [2.24, 2.45) is 0 Å². The molecule has 1 aliphatic heterocycles. The topological polar surface area (TPSA) is 7.12 Å². The molecule has 0 aliphatic carbocycles. The summed E-state index contributed by atoms with van der Waals surface area (Å²) < 4.78 is 2.36. The normalized spacial score (nSPS) is 17.2. The number of hydrogen-bond donors (Lipinski definition) is 0. The van der Waals surface area contributed by atoms with Crippen LogP contribution in [0.4, 0.5) is 0 Å². The maximum Gasteiger partial charge on any atom is 0.212 e. The second-order valence-corrected chi connectivity index (χ2v) is 6.47. The number of benzene rings is 1. The Morgan fingerprint density at radius 2 is 2.05 bits per heavy atom. The number of pyridine rings is 1. The molecular weight excluding hydrogens is 288 g/mol. The van der Waals surface area contributed by atoms with Crippen molar-refractivity contribution in [3.05, 3.63) is 59.3 Å². The Labute approximate surface area is 137 Å². The minimum atomic E-state index is 0.980. The lowest BCUT2D eigenvalue weighted by molar-refractivity contribution is -0.669. The molecule has 1 saturated heterocycles. The molecule has 0 atom stereocenters. The van der Waals surface area contributed by atoms with Crippen molar-refractivity contribution in [1.82, 2.24) is 4.90 Å². The Morgan fingerprint density at radius 3 is 2.86 bits per heavy atom. The van der Waals surface area contributed by atoms with Gasteiger partial charge in [-0.25, -0.2) is 0 Å². The number of fused-ring (bicyclic) bond motifs is 1. The van der Waals surface area contributed by atoms with Gasteiger partial charge in [0.05, 0.1) is 5.03 Å². The van der Waals surface area contributed by atoms with Crippen molar-refractivity contribution in [3.63, 3.8) is 0 Å². The van der Waals surface area contributed by atoms with Crippen molar-refractivity contribution >= 4 is 28.7 Å². The van der Waals surface area contributed by atoms with Gasteiger partial charge in [-0.05, 0) is 32.1 Å². The van der Waals surface area contributed by atoms with E-state index in [1.165, 1.54) is 33.9 Å². The summed E-state index contributed by atoms with van der Waals surface area (Å²) in [6.45, 7) is 7.67. The third kappa shape index (κ3) is 3.05. The lowest BCUT2D eigenvalue weighted by Crippen LogP contribution is -2.36. The van der Waals surface area contributed by atoms with Gasteiger partial charge in [0.15, 0.2) is 0 Å². The number of rotatable bonds is 4. The zero-order valence-corrected chi connectivity index (χ0v) is 14.1. The molecule has 3 rings (SSSR count). The van der Waals surface area contributed by atoms with E-state index in [0.29, 0.717) is 0 Å². The van der Waals surface area contributed by atoms with Crippen LogP contribution in [0.3, 0.4) is 0 Å². The molecule has 1 aliphatic rings. The highest BCUT2D eigenvalue weighted by Gasteiger charge is 2.15. The molecule has 3 heteroatoms. The van der Waals surface area contributed by atoms with Gasteiger partial charge in [0, 0.05) is 42.4 Å². The van der Waals surface area contributed by atoms with Crippen LogP contribution in [-0.2, 0) is 6.54 Å². The summed E-state index contributed by atoms with van der Waals surface area (Å²) in [5, 5.41) is 2.69. The van der Waals surface area contributed by atoms with Crippen LogP contribution in [0.2, 0.25) is 0 Å². The Balaban J connectivity index is 1.90. The van der Waals surface area contributed by atoms with Crippen LogP contribution in [0.1, 0.15) is 19.5 Å². The lowest BCUT2D eigenvalue weighted by atomic mass is 10.2. The standard InChI is InChI=1S/C19H23N2S/c1-3-20-14-15-22-19(20)11-7-9-17-13-12-16-8-5-6-10-18(16)21(17)4-2/h5-13H,3-4,14-15H2,1-2H3/q+1. The summed E-state index contributed by atoms with van der Waals surface area (Å²) in [5.74, 6) is 1.21. The Bertz CT molecular complexity index is 718. The average Bonchev–Trinajstić information content (AvgIpc) is 3.02. The maximum atomic E-state index is 2.43. The summed E-state index contributed by atoms with van der Waals surface area (Å²) in [7, 11) is 0. The highest BCUT2D eigenvalue weighted by atomic mass is 32.2. The molecule has 114 valence electrons. The molecule has 0 amide bonds. The fourth-order valence-electron chi connectivity index (χ4n) is 2.94.